The lowest BCUT2D eigenvalue weighted by Gasteiger charge is -2.19. The van der Waals surface area contributed by atoms with E-state index in [0.29, 0.717) is 12.5 Å². The topological polar surface area (TPSA) is 87.4 Å². The zero-order valence-corrected chi connectivity index (χ0v) is 15.6. The summed E-state index contributed by atoms with van der Waals surface area (Å²) in [5.41, 5.74) is 1.16. The van der Waals surface area contributed by atoms with E-state index in [1.165, 1.54) is 4.90 Å². The first-order valence-corrected chi connectivity index (χ1v) is 8.70. The number of amides is 1. The van der Waals surface area contributed by atoms with Crippen LogP contribution in [0.1, 0.15) is 24.9 Å². The van der Waals surface area contributed by atoms with Crippen LogP contribution in [0.2, 0.25) is 0 Å². The molecule has 0 radical (unpaired) electrons. The molecule has 0 saturated carbocycles. The molecule has 1 aromatic heterocycles. The molecule has 0 saturated heterocycles. The van der Waals surface area contributed by atoms with E-state index in [1.807, 2.05) is 24.4 Å². The Labute approximate surface area is 154 Å². The standard InChI is InChI=1S/C18H27N7O/c1-15(16-8-5-4-6-9-16)22-18(20-14-17(26)24(2)3)19-10-7-12-25-13-11-21-23-25/h4-6,8-9,11,13,15H,7,10,12,14H2,1-3H3,(H2,19,20,22). The number of carbonyl (C=O) groups excluding carboxylic acids is 1. The van der Waals surface area contributed by atoms with Gasteiger partial charge in [0, 0.05) is 33.4 Å². The molecule has 8 nitrogen and oxygen atoms in total. The van der Waals surface area contributed by atoms with Crippen molar-refractivity contribution in [1.82, 2.24) is 30.5 Å². The molecule has 1 heterocycles. The molecule has 1 aromatic carbocycles. The lowest BCUT2D eigenvalue weighted by Crippen LogP contribution is -2.40. The van der Waals surface area contributed by atoms with Gasteiger partial charge in [0.2, 0.25) is 5.91 Å². The quantitative estimate of drug-likeness (QED) is 0.419. The van der Waals surface area contributed by atoms with E-state index in [9.17, 15) is 4.79 Å². The maximum Gasteiger partial charge on any atom is 0.243 e. The number of carbonyl (C=O) groups is 1. The average molecular weight is 357 g/mol. The Morgan fingerprint density at radius 1 is 1.31 bits per heavy atom. The summed E-state index contributed by atoms with van der Waals surface area (Å²) in [6, 6.07) is 10.2. The first-order chi connectivity index (χ1) is 12.6. The van der Waals surface area contributed by atoms with Gasteiger partial charge < -0.3 is 15.5 Å². The number of aromatic nitrogens is 3. The van der Waals surface area contributed by atoms with Gasteiger partial charge in [0.15, 0.2) is 5.96 Å². The molecular formula is C18H27N7O. The third kappa shape index (κ3) is 6.54. The Balaban J connectivity index is 1.91. The van der Waals surface area contributed by atoms with Crippen LogP contribution in [0.15, 0.2) is 47.7 Å². The van der Waals surface area contributed by atoms with Crippen LogP contribution in [0, 0.1) is 0 Å². The van der Waals surface area contributed by atoms with Crippen molar-refractivity contribution in [3.8, 4) is 0 Å². The number of nitrogens with zero attached hydrogens (tertiary/aromatic N) is 5. The number of guanidine groups is 1. The summed E-state index contributed by atoms with van der Waals surface area (Å²) in [4.78, 5) is 17.8. The molecule has 0 aliphatic carbocycles. The molecule has 0 aliphatic heterocycles. The van der Waals surface area contributed by atoms with Gasteiger partial charge in [-0.1, -0.05) is 35.5 Å². The van der Waals surface area contributed by atoms with Crippen molar-refractivity contribution in [2.45, 2.75) is 25.9 Å². The molecule has 2 N–H and O–H groups in total. The van der Waals surface area contributed by atoms with Crippen LogP contribution in [-0.4, -0.2) is 58.9 Å². The number of aryl methyl sites for hydroxylation is 1. The number of hydrogen-bond donors (Lipinski definition) is 2. The van der Waals surface area contributed by atoms with Gasteiger partial charge in [-0.15, -0.1) is 5.10 Å². The Morgan fingerprint density at radius 2 is 2.08 bits per heavy atom. The second kappa shape index (κ2) is 10.2. The lowest BCUT2D eigenvalue weighted by molar-refractivity contribution is -0.127. The monoisotopic (exact) mass is 357 g/mol. The SMILES string of the molecule is CC(NC(=NCC(=O)N(C)C)NCCCn1ccnn1)c1ccccc1. The molecule has 0 aliphatic rings. The van der Waals surface area contributed by atoms with Gasteiger partial charge in [-0.2, -0.15) is 0 Å². The van der Waals surface area contributed by atoms with Gasteiger partial charge in [0.25, 0.3) is 0 Å². The normalized spacial score (nSPS) is 12.5. The van der Waals surface area contributed by atoms with Gasteiger partial charge in [-0.3, -0.25) is 9.48 Å². The first kappa shape index (κ1) is 19.4. The highest BCUT2D eigenvalue weighted by molar-refractivity contribution is 5.85. The molecule has 2 rings (SSSR count). The van der Waals surface area contributed by atoms with E-state index in [0.717, 1.165) is 18.5 Å². The second-order valence-electron chi connectivity index (χ2n) is 6.18. The molecule has 26 heavy (non-hydrogen) atoms. The Hall–Kier alpha value is -2.90. The number of likely N-dealkylation sites (N-methyl/N-ethyl adjacent to an activating group) is 1. The van der Waals surface area contributed by atoms with Crippen molar-refractivity contribution in [2.24, 2.45) is 4.99 Å². The first-order valence-electron chi connectivity index (χ1n) is 8.70. The maximum atomic E-state index is 11.8. The van der Waals surface area contributed by atoms with Crippen LogP contribution in [0.25, 0.3) is 0 Å². The van der Waals surface area contributed by atoms with Crippen LogP contribution in [0.3, 0.4) is 0 Å². The van der Waals surface area contributed by atoms with Crippen molar-refractivity contribution in [3.63, 3.8) is 0 Å². The van der Waals surface area contributed by atoms with Crippen LogP contribution in [0.5, 0.6) is 0 Å². The Kier molecular flexibility index (Phi) is 7.60. The summed E-state index contributed by atoms with van der Waals surface area (Å²) < 4.78 is 1.79. The molecular weight excluding hydrogens is 330 g/mol. The lowest BCUT2D eigenvalue weighted by atomic mass is 10.1. The van der Waals surface area contributed by atoms with Gasteiger partial charge in [-0.25, -0.2) is 4.99 Å². The van der Waals surface area contributed by atoms with Crippen LogP contribution >= 0.6 is 0 Å². The largest absolute Gasteiger partial charge is 0.356 e. The second-order valence-corrected chi connectivity index (χ2v) is 6.18. The minimum absolute atomic E-state index is 0.0407. The summed E-state index contributed by atoms with van der Waals surface area (Å²) in [5.74, 6) is 0.580. The summed E-state index contributed by atoms with van der Waals surface area (Å²) in [5, 5.41) is 14.4. The number of rotatable bonds is 8. The molecule has 0 spiro atoms. The summed E-state index contributed by atoms with van der Waals surface area (Å²) >= 11 is 0. The summed E-state index contributed by atoms with van der Waals surface area (Å²) in [7, 11) is 3.45. The molecule has 0 bridgehead atoms. The van der Waals surface area contributed by atoms with E-state index >= 15 is 0 Å². The number of hydrogen-bond acceptors (Lipinski definition) is 4. The highest BCUT2D eigenvalue weighted by Gasteiger charge is 2.09. The van der Waals surface area contributed by atoms with Crippen molar-refractivity contribution in [3.05, 3.63) is 48.3 Å². The maximum absolute atomic E-state index is 11.8. The number of nitrogens with one attached hydrogen (secondary N) is 2. The van der Waals surface area contributed by atoms with E-state index in [-0.39, 0.29) is 18.5 Å². The fourth-order valence-electron chi connectivity index (χ4n) is 2.27. The van der Waals surface area contributed by atoms with Crippen LogP contribution in [-0.2, 0) is 11.3 Å². The number of benzene rings is 1. The van der Waals surface area contributed by atoms with E-state index in [2.05, 4.69) is 45.0 Å². The van der Waals surface area contributed by atoms with Gasteiger partial charge in [-0.05, 0) is 18.9 Å². The van der Waals surface area contributed by atoms with E-state index in [1.54, 1.807) is 25.0 Å². The van der Waals surface area contributed by atoms with E-state index in [4.69, 9.17) is 0 Å². The van der Waals surface area contributed by atoms with Crippen molar-refractivity contribution >= 4 is 11.9 Å². The zero-order valence-electron chi connectivity index (χ0n) is 15.6. The fraction of sp³-hybridized carbons (Fsp3) is 0.444. The molecule has 2 aromatic rings. The molecule has 1 atom stereocenters. The smallest absolute Gasteiger partial charge is 0.243 e. The van der Waals surface area contributed by atoms with Crippen LogP contribution in [0.4, 0.5) is 0 Å². The molecule has 140 valence electrons. The number of aliphatic imine (C=N–C) groups is 1. The molecule has 1 unspecified atom stereocenters. The fourth-order valence-corrected chi connectivity index (χ4v) is 2.27. The summed E-state index contributed by atoms with van der Waals surface area (Å²) in [6.07, 6.45) is 4.36. The molecule has 8 heteroatoms. The van der Waals surface area contributed by atoms with Crippen molar-refractivity contribution in [1.29, 1.82) is 0 Å². The van der Waals surface area contributed by atoms with E-state index < -0.39 is 0 Å². The van der Waals surface area contributed by atoms with Crippen molar-refractivity contribution < 1.29 is 4.79 Å². The van der Waals surface area contributed by atoms with Gasteiger partial charge in [0.1, 0.15) is 6.54 Å². The third-order valence-corrected chi connectivity index (χ3v) is 3.85. The Morgan fingerprint density at radius 3 is 2.73 bits per heavy atom. The third-order valence-electron chi connectivity index (χ3n) is 3.85. The van der Waals surface area contributed by atoms with Crippen molar-refractivity contribution in [2.75, 3.05) is 27.2 Å². The minimum Gasteiger partial charge on any atom is -0.356 e. The summed E-state index contributed by atoms with van der Waals surface area (Å²) in [6.45, 7) is 3.65. The predicted octanol–water partition coefficient (Wildman–Crippen LogP) is 1.05. The highest BCUT2D eigenvalue weighted by Crippen LogP contribution is 2.10. The Bertz CT molecular complexity index is 683. The van der Waals surface area contributed by atoms with Gasteiger partial charge in [0.05, 0.1) is 12.2 Å². The predicted molar refractivity (Wildman–Crippen MR) is 102 cm³/mol. The minimum atomic E-state index is -0.0407. The highest BCUT2D eigenvalue weighted by atomic mass is 16.2. The van der Waals surface area contributed by atoms with Crippen LogP contribution < -0.4 is 10.6 Å². The average Bonchev–Trinajstić information content (AvgIpc) is 3.16. The van der Waals surface area contributed by atoms with Gasteiger partial charge >= 0.3 is 0 Å². The molecule has 1 amide bonds. The zero-order chi connectivity index (χ0) is 18.8. The molecule has 0 fully saturated rings.